The predicted octanol–water partition coefficient (Wildman–Crippen LogP) is 0.989. The second-order valence-corrected chi connectivity index (χ2v) is 4.48. The minimum Gasteiger partial charge on any atom is -0.303 e. The molecule has 0 bridgehead atoms. The largest absolute Gasteiger partial charge is 0.303 e. The van der Waals surface area contributed by atoms with Gasteiger partial charge in [-0.15, -0.1) is 11.8 Å². The maximum atomic E-state index is 3.46. The third kappa shape index (κ3) is 3.01. The van der Waals surface area contributed by atoms with Crippen LogP contribution in [-0.4, -0.2) is 42.2 Å². The molecule has 3 heteroatoms. The Morgan fingerprint density at radius 2 is 2.36 bits per heavy atom. The topological polar surface area (TPSA) is 15.3 Å². The Kier molecular flexibility index (Phi) is 3.69. The van der Waals surface area contributed by atoms with Crippen molar-refractivity contribution in [2.45, 2.75) is 25.9 Å². The first kappa shape index (κ1) is 9.36. The number of rotatable bonds is 3. The van der Waals surface area contributed by atoms with Gasteiger partial charge in [0.1, 0.15) is 0 Å². The number of nitrogens with one attached hydrogen (secondary N) is 1. The van der Waals surface area contributed by atoms with Crippen LogP contribution in [0, 0.1) is 0 Å². The van der Waals surface area contributed by atoms with Crippen molar-refractivity contribution < 1.29 is 0 Å². The molecule has 11 heavy (non-hydrogen) atoms. The molecule has 0 amide bonds. The molecule has 1 rings (SSSR count). The molecule has 1 heterocycles. The van der Waals surface area contributed by atoms with Crippen LogP contribution < -0.4 is 5.32 Å². The smallest absolute Gasteiger partial charge is 0.0421 e. The molecular weight excluding hydrogens is 156 g/mol. The average molecular weight is 174 g/mol. The Balaban J connectivity index is 2.18. The normalized spacial score (nSPS) is 25.4. The molecule has 0 aliphatic carbocycles. The van der Waals surface area contributed by atoms with Crippen LogP contribution in [0.2, 0.25) is 0 Å². The molecule has 1 N–H and O–H groups in total. The third-order valence-corrected chi connectivity index (χ3v) is 3.19. The molecule has 0 spiro atoms. The van der Waals surface area contributed by atoms with Gasteiger partial charge in [0.2, 0.25) is 0 Å². The van der Waals surface area contributed by atoms with Crippen LogP contribution in [0.25, 0.3) is 0 Å². The van der Waals surface area contributed by atoms with Gasteiger partial charge in [0, 0.05) is 30.3 Å². The summed E-state index contributed by atoms with van der Waals surface area (Å²) in [7, 11) is 2.19. The van der Waals surface area contributed by atoms with Gasteiger partial charge in [-0.2, -0.15) is 0 Å². The van der Waals surface area contributed by atoms with Crippen LogP contribution in [0.3, 0.4) is 0 Å². The van der Waals surface area contributed by atoms with Crippen molar-refractivity contribution in [3.63, 3.8) is 0 Å². The van der Waals surface area contributed by atoms with Crippen LogP contribution in [-0.2, 0) is 0 Å². The zero-order valence-corrected chi connectivity index (χ0v) is 8.45. The van der Waals surface area contributed by atoms with E-state index in [9.17, 15) is 0 Å². The Hall–Kier alpha value is 0.270. The fourth-order valence-corrected chi connectivity index (χ4v) is 2.09. The monoisotopic (exact) mass is 174 g/mol. The van der Waals surface area contributed by atoms with E-state index in [-0.39, 0.29) is 0 Å². The summed E-state index contributed by atoms with van der Waals surface area (Å²) in [6.45, 7) is 5.66. The average Bonchev–Trinajstić information content (AvgIpc) is 2.39. The van der Waals surface area contributed by atoms with Gasteiger partial charge in [-0.1, -0.05) is 0 Å². The Bertz CT molecular complexity index is 111. The second kappa shape index (κ2) is 4.33. The van der Waals surface area contributed by atoms with E-state index in [1.165, 1.54) is 12.3 Å². The van der Waals surface area contributed by atoms with E-state index in [4.69, 9.17) is 0 Å². The summed E-state index contributed by atoms with van der Waals surface area (Å²) in [5, 5.41) is 3.46. The maximum absolute atomic E-state index is 3.46. The van der Waals surface area contributed by atoms with E-state index in [0.717, 1.165) is 5.88 Å². The third-order valence-electron chi connectivity index (χ3n) is 2.18. The van der Waals surface area contributed by atoms with Crippen LogP contribution in [0.4, 0.5) is 0 Å². The van der Waals surface area contributed by atoms with Crippen molar-refractivity contribution in [3.05, 3.63) is 0 Å². The molecule has 0 radical (unpaired) electrons. The molecule has 1 atom stereocenters. The van der Waals surface area contributed by atoms with Crippen molar-refractivity contribution in [1.82, 2.24) is 10.2 Å². The Labute approximate surface area is 73.7 Å². The summed E-state index contributed by atoms with van der Waals surface area (Å²) in [6.07, 6.45) is 0. The fourth-order valence-electron chi connectivity index (χ4n) is 1.11. The highest BCUT2D eigenvalue weighted by molar-refractivity contribution is 7.99. The zero-order valence-electron chi connectivity index (χ0n) is 7.63. The van der Waals surface area contributed by atoms with Gasteiger partial charge >= 0.3 is 0 Å². The Morgan fingerprint density at radius 1 is 1.64 bits per heavy atom. The van der Waals surface area contributed by atoms with Crippen molar-refractivity contribution in [1.29, 1.82) is 0 Å². The van der Waals surface area contributed by atoms with Gasteiger partial charge in [0.15, 0.2) is 0 Å². The summed E-state index contributed by atoms with van der Waals surface area (Å²) < 4.78 is 0. The molecule has 0 aromatic carbocycles. The molecule has 1 aliphatic rings. The van der Waals surface area contributed by atoms with Gasteiger partial charge in [0.25, 0.3) is 0 Å². The first-order valence-corrected chi connectivity index (χ1v) is 5.37. The maximum Gasteiger partial charge on any atom is 0.0421 e. The molecule has 1 aliphatic heterocycles. The minimum atomic E-state index is 0.669. The van der Waals surface area contributed by atoms with E-state index >= 15 is 0 Å². The predicted molar refractivity (Wildman–Crippen MR) is 52.0 cm³/mol. The second-order valence-electron chi connectivity index (χ2n) is 3.45. The number of likely N-dealkylation sites (N-methyl/N-ethyl adjacent to an activating group) is 1. The van der Waals surface area contributed by atoms with Crippen LogP contribution >= 0.6 is 11.8 Å². The number of hydrogen-bond donors (Lipinski definition) is 1. The number of hydrogen-bond acceptors (Lipinski definition) is 3. The molecule has 66 valence electrons. The van der Waals surface area contributed by atoms with Crippen molar-refractivity contribution in [2.24, 2.45) is 0 Å². The molecule has 1 unspecified atom stereocenters. The van der Waals surface area contributed by atoms with E-state index in [1.54, 1.807) is 0 Å². The highest BCUT2D eigenvalue weighted by atomic mass is 32.2. The van der Waals surface area contributed by atoms with E-state index in [1.807, 2.05) is 11.8 Å². The summed E-state index contributed by atoms with van der Waals surface area (Å²) in [4.78, 5) is 2.39. The van der Waals surface area contributed by atoms with E-state index in [2.05, 4.69) is 31.1 Å². The first-order valence-electron chi connectivity index (χ1n) is 4.21. The molecule has 1 saturated heterocycles. The SMILES string of the molecule is CC(C)N(C)CC1CSCN1. The van der Waals surface area contributed by atoms with Crippen LogP contribution in [0.5, 0.6) is 0 Å². The minimum absolute atomic E-state index is 0.669. The highest BCUT2D eigenvalue weighted by Gasteiger charge is 2.16. The zero-order chi connectivity index (χ0) is 8.27. The lowest BCUT2D eigenvalue weighted by Gasteiger charge is -2.24. The lowest BCUT2D eigenvalue weighted by molar-refractivity contribution is 0.254. The summed E-state index contributed by atoms with van der Waals surface area (Å²) >= 11 is 2.00. The highest BCUT2D eigenvalue weighted by Crippen LogP contribution is 2.10. The van der Waals surface area contributed by atoms with Crippen LogP contribution in [0.1, 0.15) is 13.8 Å². The number of thioether (sulfide) groups is 1. The van der Waals surface area contributed by atoms with Crippen molar-refractivity contribution in [2.75, 3.05) is 25.2 Å². The lowest BCUT2D eigenvalue weighted by Crippen LogP contribution is -2.39. The fraction of sp³-hybridized carbons (Fsp3) is 1.00. The van der Waals surface area contributed by atoms with Crippen molar-refractivity contribution in [3.8, 4) is 0 Å². The quantitative estimate of drug-likeness (QED) is 0.687. The molecule has 0 aromatic heterocycles. The van der Waals surface area contributed by atoms with Gasteiger partial charge < -0.3 is 10.2 Å². The van der Waals surface area contributed by atoms with E-state index in [0.29, 0.717) is 12.1 Å². The van der Waals surface area contributed by atoms with Crippen molar-refractivity contribution >= 4 is 11.8 Å². The van der Waals surface area contributed by atoms with Gasteiger partial charge in [-0.3, -0.25) is 0 Å². The summed E-state index contributed by atoms with van der Waals surface area (Å²) in [5.41, 5.74) is 0. The lowest BCUT2D eigenvalue weighted by atomic mass is 10.2. The molecule has 1 fully saturated rings. The van der Waals surface area contributed by atoms with Crippen LogP contribution in [0.15, 0.2) is 0 Å². The number of nitrogens with zero attached hydrogens (tertiary/aromatic N) is 1. The molecule has 0 aromatic rings. The molecular formula is C8H18N2S. The van der Waals surface area contributed by atoms with E-state index < -0.39 is 0 Å². The first-order chi connectivity index (χ1) is 5.20. The standard InChI is InChI=1S/C8H18N2S/c1-7(2)10(3)4-8-5-11-6-9-8/h7-9H,4-6H2,1-3H3. The van der Waals surface area contributed by atoms with Gasteiger partial charge in [-0.25, -0.2) is 0 Å². The summed E-state index contributed by atoms with van der Waals surface area (Å²) in [6, 6.07) is 1.38. The van der Waals surface area contributed by atoms with Gasteiger partial charge in [0.05, 0.1) is 0 Å². The molecule has 2 nitrogen and oxygen atoms in total. The summed E-state index contributed by atoms with van der Waals surface area (Å²) in [5.74, 6) is 2.41. The van der Waals surface area contributed by atoms with Gasteiger partial charge in [-0.05, 0) is 20.9 Å². The molecule has 0 saturated carbocycles. The Morgan fingerprint density at radius 3 is 2.82 bits per heavy atom.